The van der Waals surface area contributed by atoms with Gasteiger partial charge in [-0.2, -0.15) is 0 Å². The van der Waals surface area contributed by atoms with Gasteiger partial charge in [-0.05, 0) is 49.4 Å². The normalized spacial score (nSPS) is 11.6. The highest BCUT2D eigenvalue weighted by molar-refractivity contribution is 8.00. The predicted octanol–water partition coefficient (Wildman–Crippen LogP) is 3.74. The van der Waals surface area contributed by atoms with E-state index in [0.29, 0.717) is 5.69 Å². The van der Waals surface area contributed by atoms with Crippen LogP contribution in [0.15, 0.2) is 76.5 Å². The first-order chi connectivity index (χ1) is 16.3. The summed E-state index contributed by atoms with van der Waals surface area (Å²) in [6.45, 7) is 2.49. The van der Waals surface area contributed by atoms with Gasteiger partial charge in [-0.25, -0.2) is 13.6 Å². The summed E-state index contributed by atoms with van der Waals surface area (Å²) in [6.07, 6.45) is 0. The largest absolute Gasteiger partial charge is 0.455 e. The van der Waals surface area contributed by atoms with E-state index < -0.39 is 28.5 Å². The quantitative estimate of drug-likeness (QED) is 0.283. The van der Waals surface area contributed by atoms with Crippen LogP contribution in [0.5, 0.6) is 0 Å². The van der Waals surface area contributed by atoms with E-state index in [1.165, 1.54) is 46.9 Å². The van der Waals surface area contributed by atoms with Crippen LogP contribution in [0.2, 0.25) is 0 Å². The van der Waals surface area contributed by atoms with Crippen molar-refractivity contribution in [3.63, 3.8) is 0 Å². The van der Waals surface area contributed by atoms with Crippen LogP contribution in [0, 0.1) is 0 Å². The minimum Gasteiger partial charge on any atom is -0.455 e. The standard InChI is InChI=1S/C24H23N3O5S2/c1-2-27-21-6-4-3-5-19(21)20-12-9-17(13-22(20)27)33-15-24(29)32-14-23(28)26-16-7-10-18(11-8-16)34(25,30)31/h3-13H,2,14-15H2,1H3,(H,26,28)(H2,25,30,31). The Balaban J connectivity index is 1.32. The van der Waals surface area contributed by atoms with Crippen molar-refractivity contribution in [2.24, 2.45) is 5.14 Å². The van der Waals surface area contributed by atoms with Crippen molar-refractivity contribution in [1.29, 1.82) is 0 Å². The summed E-state index contributed by atoms with van der Waals surface area (Å²) in [6, 6.07) is 19.7. The number of carbonyl (C=O) groups excluding carboxylic acids is 2. The molecular formula is C24H23N3O5S2. The molecule has 0 saturated heterocycles. The molecule has 10 heteroatoms. The molecule has 0 unspecified atom stereocenters. The van der Waals surface area contributed by atoms with Crippen molar-refractivity contribution in [2.75, 3.05) is 17.7 Å². The Bertz CT molecular complexity index is 1480. The highest BCUT2D eigenvalue weighted by atomic mass is 32.2. The highest BCUT2D eigenvalue weighted by Gasteiger charge is 2.13. The Hall–Kier alpha value is -3.34. The molecular weight excluding hydrogens is 474 g/mol. The maximum atomic E-state index is 12.1. The molecule has 1 amide bonds. The lowest BCUT2D eigenvalue weighted by Gasteiger charge is -2.08. The van der Waals surface area contributed by atoms with Crippen molar-refractivity contribution in [3.8, 4) is 0 Å². The number of benzene rings is 3. The number of fused-ring (bicyclic) bond motifs is 3. The first-order valence-electron chi connectivity index (χ1n) is 10.5. The fraction of sp³-hybridized carbons (Fsp3) is 0.167. The number of primary sulfonamides is 1. The van der Waals surface area contributed by atoms with Crippen molar-refractivity contribution >= 4 is 61.2 Å². The number of ether oxygens (including phenoxy) is 1. The Morgan fingerprint density at radius 3 is 2.41 bits per heavy atom. The summed E-state index contributed by atoms with van der Waals surface area (Å²) >= 11 is 1.34. The Morgan fingerprint density at radius 2 is 1.71 bits per heavy atom. The number of aryl methyl sites for hydroxylation is 1. The fourth-order valence-corrected chi connectivity index (χ4v) is 4.96. The number of sulfonamides is 1. The van der Waals surface area contributed by atoms with Crippen LogP contribution in [0.4, 0.5) is 5.69 Å². The van der Waals surface area contributed by atoms with E-state index in [0.717, 1.165) is 22.3 Å². The number of aromatic nitrogens is 1. The molecule has 176 valence electrons. The maximum absolute atomic E-state index is 12.1. The van der Waals surface area contributed by atoms with Crippen molar-refractivity contribution < 1.29 is 22.7 Å². The molecule has 4 aromatic rings. The van der Waals surface area contributed by atoms with E-state index in [9.17, 15) is 18.0 Å². The summed E-state index contributed by atoms with van der Waals surface area (Å²) in [7, 11) is -3.81. The zero-order chi connectivity index (χ0) is 24.3. The van der Waals surface area contributed by atoms with Crippen LogP contribution < -0.4 is 10.5 Å². The number of hydrogen-bond acceptors (Lipinski definition) is 6. The van der Waals surface area contributed by atoms with E-state index >= 15 is 0 Å². The maximum Gasteiger partial charge on any atom is 0.316 e. The van der Waals surface area contributed by atoms with Crippen molar-refractivity contribution in [3.05, 3.63) is 66.7 Å². The summed E-state index contributed by atoms with van der Waals surface area (Å²) in [5.41, 5.74) is 2.64. The number of esters is 1. The molecule has 0 fully saturated rings. The average molecular weight is 498 g/mol. The molecule has 0 bridgehead atoms. The summed E-state index contributed by atoms with van der Waals surface area (Å²) < 4.78 is 29.9. The third-order valence-electron chi connectivity index (χ3n) is 5.25. The van der Waals surface area contributed by atoms with Crippen LogP contribution in [-0.4, -0.2) is 37.2 Å². The zero-order valence-electron chi connectivity index (χ0n) is 18.4. The van der Waals surface area contributed by atoms with Gasteiger partial charge in [0, 0.05) is 33.4 Å². The molecule has 3 aromatic carbocycles. The average Bonchev–Trinajstić information content (AvgIpc) is 3.14. The number of hydrogen-bond donors (Lipinski definition) is 2. The molecule has 34 heavy (non-hydrogen) atoms. The molecule has 8 nitrogen and oxygen atoms in total. The topological polar surface area (TPSA) is 120 Å². The third kappa shape index (κ3) is 5.24. The van der Waals surface area contributed by atoms with Crippen LogP contribution in [-0.2, 0) is 30.9 Å². The number of nitrogens with one attached hydrogen (secondary N) is 1. The second kappa shape index (κ2) is 9.88. The van der Waals surface area contributed by atoms with Gasteiger partial charge in [0.1, 0.15) is 0 Å². The number of nitrogens with two attached hydrogens (primary N) is 1. The van der Waals surface area contributed by atoms with Gasteiger partial charge in [0.15, 0.2) is 6.61 Å². The van der Waals surface area contributed by atoms with Crippen LogP contribution in [0.3, 0.4) is 0 Å². The molecule has 0 atom stereocenters. The number of para-hydroxylation sites is 1. The first-order valence-corrected chi connectivity index (χ1v) is 13.0. The zero-order valence-corrected chi connectivity index (χ0v) is 20.0. The van der Waals surface area contributed by atoms with Gasteiger partial charge in [0.05, 0.1) is 16.2 Å². The first kappa shape index (κ1) is 23.8. The monoisotopic (exact) mass is 497 g/mol. The number of amides is 1. The number of carbonyl (C=O) groups is 2. The Kier molecular flexibility index (Phi) is 6.92. The molecule has 0 aliphatic carbocycles. The van der Waals surface area contributed by atoms with Crippen molar-refractivity contribution in [2.45, 2.75) is 23.3 Å². The van der Waals surface area contributed by atoms with Crippen molar-refractivity contribution in [1.82, 2.24) is 4.57 Å². The van der Waals surface area contributed by atoms with Gasteiger partial charge >= 0.3 is 5.97 Å². The molecule has 0 saturated carbocycles. The minimum absolute atomic E-state index is 0.0635. The second-order valence-corrected chi connectivity index (χ2v) is 10.1. The van der Waals surface area contributed by atoms with Gasteiger partial charge in [0.2, 0.25) is 10.0 Å². The number of nitrogens with zero attached hydrogens (tertiary/aromatic N) is 1. The smallest absolute Gasteiger partial charge is 0.316 e. The lowest BCUT2D eigenvalue weighted by Crippen LogP contribution is -2.21. The molecule has 1 heterocycles. The minimum atomic E-state index is -3.81. The predicted molar refractivity (Wildman–Crippen MR) is 133 cm³/mol. The number of rotatable bonds is 8. The van der Waals surface area contributed by atoms with Gasteiger partial charge in [-0.15, -0.1) is 11.8 Å². The van der Waals surface area contributed by atoms with Gasteiger partial charge < -0.3 is 14.6 Å². The van der Waals surface area contributed by atoms with E-state index in [1.54, 1.807) is 0 Å². The molecule has 0 radical (unpaired) electrons. The summed E-state index contributed by atoms with van der Waals surface area (Å²) in [4.78, 5) is 25.0. The van der Waals surface area contributed by atoms with E-state index in [2.05, 4.69) is 41.1 Å². The molecule has 0 spiro atoms. The number of thioether (sulfide) groups is 1. The molecule has 0 aliphatic heterocycles. The Labute approximate surface area is 201 Å². The highest BCUT2D eigenvalue weighted by Crippen LogP contribution is 2.32. The fourth-order valence-electron chi connectivity index (χ4n) is 3.71. The van der Waals surface area contributed by atoms with Gasteiger partial charge in [0.25, 0.3) is 5.91 Å². The molecule has 0 aliphatic rings. The second-order valence-electron chi connectivity index (χ2n) is 7.51. The summed E-state index contributed by atoms with van der Waals surface area (Å²) in [5.74, 6) is -0.981. The van der Waals surface area contributed by atoms with E-state index in [1.807, 2.05) is 18.2 Å². The van der Waals surface area contributed by atoms with Gasteiger partial charge in [-0.3, -0.25) is 9.59 Å². The van der Waals surface area contributed by atoms with Crippen LogP contribution in [0.1, 0.15) is 6.92 Å². The Morgan fingerprint density at radius 1 is 1.00 bits per heavy atom. The van der Waals surface area contributed by atoms with Crippen LogP contribution in [0.25, 0.3) is 21.8 Å². The third-order valence-corrected chi connectivity index (χ3v) is 7.15. The van der Waals surface area contributed by atoms with E-state index in [4.69, 9.17) is 9.88 Å². The molecule has 3 N–H and O–H groups in total. The lowest BCUT2D eigenvalue weighted by molar-refractivity contribution is -0.144. The summed E-state index contributed by atoms with van der Waals surface area (Å²) in [5, 5.41) is 9.94. The van der Waals surface area contributed by atoms with Crippen LogP contribution >= 0.6 is 11.8 Å². The van der Waals surface area contributed by atoms with E-state index in [-0.39, 0.29) is 10.6 Å². The number of anilines is 1. The SMILES string of the molecule is CCn1c2ccccc2c2ccc(SCC(=O)OCC(=O)Nc3ccc(S(N)(=O)=O)cc3)cc21. The molecule has 1 aromatic heterocycles. The van der Waals surface area contributed by atoms with Gasteiger partial charge in [-0.1, -0.05) is 24.3 Å². The molecule has 4 rings (SSSR count). The lowest BCUT2D eigenvalue weighted by atomic mass is 10.2.